The van der Waals surface area contributed by atoms with Crippen LogP contribution < -0.4 is 35.2 Å². The smallest absolute Gasteiger partial charge is 0.317 e. The molecular formula is C35H38N2O13. The maximum Gasteiger partial charge on any atom is 0.317 e. The van der Waals surface area contributed by atoms with Gasteiger partial charge < -0.3 is 65.1 Å². The topological polar surface area (TPSA) is 232 Å². The minimum absolute atomic E-state index is 0.169. The molecule has 9 unspecified atom stereocenters. The summed E-state index contributed by atoms with van der Waals surface area (Å²) in [5, 5.41) is 41.2. The van der Waals surface area contributed by atoms with Crippen LogP contribution in [0.2, 0.25) is 0 Å². The van der Waals surface area contributed by atoms with Gasteiger partial charge in [0.15, 0.2) is 17.6 Å². The predicted octanol–water partition coefficient (Wildman–Crippen LogP) is 0.668. The number of nitrogens with two attached hydrogens (primary N) is 2. The number of carboxylic acids is 1. The van der Waals surface area contributed by atoms with Gasteiger partial charge in [-0.2, -0.15) is 0 Å². The number of carbonyl (C=O) groups is 2. The Balaban J connectivity index is 1.18. The lowest BCUT2D eigenvalue weighted by Gasteiger charge is -2.43. The van der Waals surface area contributed by atoms with E-state index < -0.39 is 67.4 Å². The average Bonchev–Trinajstić information content (AvgIpc) is 3.48. The summed E-state index contributed by atoms with van der Waals surface area (Å²) in [5.41, 5.74) is 15.4. The van der Waals surface area contributed by atoms with Crippen LogP contribution >= 0.6 is 0 Å². The van der Waals surface area contributed by atoms with E-state index in [0.29, 0.717) is 42.4 Å². The Morgan fingerprint density at radius 3 is 2.38 bits per heavy atom. The number of hydrogen-bond acceptors (Lipinski definition) is 14. The number of carbonyl (C=O) groups excluding carboxylic acids is 1. The van der Waals surface area contributed by atoms with E-state index in [4.69, 9.17) is 49.7 Å². The molecule has 7 heterocycles. The molecule has 0 amide bonds. The van der Waals surface area contributed by atoms with Crippen molar-refractivity contribution in [1.82, 2.24) is 0 Å². The Labute approximate surface area is 286 Å². The third kappa shape index (κ3) is 6.27. The lowest BCUT2D eigenvalue weighted by atomic mass is 9.81. The Morgan fingerprint density at radius 1 is 0.920 bits per heavy atom. The fraction of sp³-hybridized carbons (Fsp3) is 0.429. The van der Waals surface area contributed by atoms with Crippen molar-refractivity contribution in [1.29, 1.82) is 0 Å². The second-order valence-corrected chi connectivity index (χ2v) is 12.7. The molecule has 0 aromatic heterocycles. The molecule has 0 aliphatic carbocycles. The van der Waals surface area contributed by atoms with Crippen molar-refractivity contribution in [3.05, 3.63) is 76.9 Å². The van der Waals surface area contributed by atoms with E-state index >= 15 is 0 Å². The van der Waals surface area contributed by atoms with Crippen LogP contribution in [0.3, 0.4) is 0 Å². The molecule has 10 rings (SSSR count). The number of methoxy groups -OCH3 is 1. The Hall–Kier alpha value is -4.64. The highest BCUT2D eigenvalue weighted by Gasteiger charge is 2.51. The van der Waals surface area contributed by atoms with E-state index in [1.54, 1.807) is 25.3 Å². The summed E-state index contributed by atoms with van der Waals surface area (Å²) in [6.07, 6.45) is -12.2. The molecule has 1 fully saturated rings. The van der Waals surface area contributed by atoms with E-state index in [-0.39, 0.29) is 17.8 Å². The molecule has 8 N–H and O–H groups in total. The molecule has 15 nitrogen and oxygen atoms in total. The average molecular weight is 695 g/mol. The van der Waals surface area contributed by atoms with Crippen molar-refractivity contribution in [2.24, 2.45) is 11.5 Å². The molecule has 0 spiro atoms. The molecule has 0 radical (unpaired) electrons. The number of fused-ring (bicyclic) bond motifs is 2. The van der Waals surface area contributed by atoms with Crippen LogP contribution in [-0.4, -0.2) is 95.2 Å². The van der Waals surface area contributed by atoms with E-state index in [2.05, 4.69) is 24.3 Å². The SMILES string of the molecule is COc1c2ccc3c1OC1c4ccc(OC5OC(C(OC(=O)CC(=O)O)C(N)N)C(O)C(O)C5O)cc4OC(Cc4ccc(cc4)CCO2)C31. The van der Waals surface area contributed by atoms with Crippen molar-refractivity contribution in [2.45, 2.75) is 80.4 Å². The maximum atomic E-state index is 12.1. The molecule has 3 aromatic carbocycles. The minimum Gasteiger partial charge on any atom is -0.490 e. The third-order valence-electron chi connectivity index (χ3n) is 9.44. The molecule has 0 saturated carbocycles. The molecular weight excluding hydrogens is 656 g/mol. The zero-order valence-corrected chi connectivity index (χ0v) is 26.9. The Bertz CT molecular complexity index is 1750. The number of esters is 1. The van der Waals surface area contributed by atoms with Crippen molar-refractivity contribution in [3.63, 3.8) is 0 Å². The third-order valence-corrected chi connectivity index (χ3v) is 9.44. The summed E-state index contributed by atoms with van der Waals surface area (Å²) >= 11 is 0. The summed E-state index contributed by atoms with van der Waals surface area (Å²) in [6, 6.07) is 17.2. The van der Waals surface area contributed by atoms with Gasteiger partial charge in [-0.1, -0.05) is 30.3 Å². The van der Waals surface area contributed by atoms with E-state index in [1.807, 2.05) is 12.1 Å². The Kier molecular flexibility index (Phi) is 9.19. The van der Waals surface area contributed by atoms with Crippen LogP contribution in [0, 0.1) is 0 Å². The zero-order valence-electron chi connectivity index (χ0n) is 26.9. The van der Waals surface area contributed by atoms with Crippen LogP contribution in [0.5, 0.6) is 28.7 Å². The first-order valence-corrected chi connectivity index (χ1v) is 16.2. The quantitative estimate of drug-likeness (QED) is 0.108. The lowest BCUT2D eigenvalue weighted by molar-refractivity contribution is -0.291. The molecule has 7 aliphatic rings. The molecule has 1 saturated heterocycles. The number of carboxylic acid groups (broad SMARTS) is 1. The highest BCUT2D eigenvalue weighted by molar-refractivity contribution is 5.90. The summed E-state index contributed by atoms with van der Waals surface area (Å²) in [5.74, 6) is -0.571. The summed E-state index contributed by atoms with van der Waals surface area (Å²) in [7, 11) is 1.58. The first kappa shape index (κ1) is 33.8. The van der Waals surface area contributed by atoms with E-state index in [0.717, 1.165) is 22.3 Å². The van der Waals surface area contributed by atoms with Crippen molar-refractivity contribution < 1.29 is 63.2 Å². The van der Waals surface area contributed by atoms with Crippen LogP contribution in [-0.2, 0) is 31.9 Å². The number of ether oxygens (including phenoxy) is 7. The molecule has 15 heteroatoms. The number of rotatable bonds is 8. The van der Waals surface area contributed by atoms with E-state index in [9.17, 15) is 24.9 Å². The zero-order chi connectivity index (χ0) is 35.3. The standard InChI is InChI=1S/C35H38N2O13/c1-44-31-20-9-8-19-25-22(12-16-4-2-15(3-5-16)10-11-45-20)47-21-13-17(6-7-18(21)29(25)49-30(19)31)46-35-28(43)26(41)27(42)32(50-35)33(34(36)37)48-24(40)14-23(38)39/h2-9,13,22,25-29,32-35,41-43H,10-12,14,36-37H2,1H3,(H,38,39). The number of hydrogen-bond donors (Lipinski definition) is 6. The highest BCUT2D eigenvalue weighted by Crippen LogP contribution is 2.58. The van der Waals surface area contributed by atoms with Gasteiger partial charge in [-0.05, 0) is 29.3 Å². The molecule has 9 atom stereocenters. The first-order chi connectivity index (χ1) is 24.0. The number of benzene rings is 3. The summed E-state index contributed by atoms with van der Waals surface area (Å²) in [4.78, 5) is 23.1. The molecule has 7 aliphatic heterocycles. The second kappa shape index (κ2) is 13.6. The normalized spacial score (nSPS) is 28.4. The van der Waals surface area contributed by atoms with Crippen molar-refractivity contribution in [3.8, 4) is 28.7 Å². The Morgan fingerprint density at radius 2 is 1.66 bits per heavy atom. The fourth-order valence-electron chi connectivity index (χ4n) is 7.01. The van der Waals surface area contributed by atoms with Gasteiger partial charge in [0.2, 0.25) is 12.0 Å². The fourth-order valence-corrected chi connectivity index (χ4v) is 7.01. The molecule has 50 heavy (non-hydrogen) atoms. The van der Waals surface area contributed by atoms with Crippen molar-refractivity contribution >= 4 is 11.9 Å². The van der Waals surface area contributed by atoms with E-state index in [1.165, 1.54) is 0 Å². The molecule has 3 aromatic rings. The number of aliphatic carboxylic acids is 1. The molecule has 6 bridgehead atoms. The maximum absolute atomic E-state index is 12.1. The van der Waals surface area contributed by atoms with Gasteiger partial charge in [-0.3, -0.25) is 9.59 Å². The number of aliphatic hydroxyl groups excluding tert-OH is 3. The lowest BCUT2D eigenvalue weighted by Crippen LogP contribution is -2.66. The van der Waals surface area contributed by atoms with Gasteiger partial charge in [0, 0.05) is 30.0 Å². The number of aliphatic hydroxyl groups is 3. The first-order valence-electron chi connectivity index (χ1n) is 16.2. The largest absolute Gasteiger partial charge is 0.490 e. The monoisotopic (exact) mass is 694 g/mol. The summed E-state index contributed by atoms with van der Waals surface area (Å²) in [6.45, 7) is 0.463. The van der Waals surface area contributed by atoms with Gasteiger partial charge in [-0.25, -0.2) is 0 Å². The minimum atomic E-state index is -1.84. The van der Waals surface area contributed by atoms with Crippen LogP contribution in [0.25, 0.3) is 0 Å². The van der Waals surface area contributed by atoms with Crippen LogP contribution in [0.4, 0.5) is 0 Å². The second-order valence-electron chi connectivity index (χ2n) is 12.7. The highest BCUT2D eigenvalue weighted by atomic mass is 16.7. The van der Waals surface area contributed by atoms with Gasteiger partial charge in [0.1, 0.15) is 54.5 Å². The molecule has 266 valence electrons. The predicted molar refractivity (Wildman–Crippen MR) is 171 cm³/mol. The van der Waals surface area contributed by atoms with Gasteiger partial charge >= 0.3 is 11.9 Å². The summed E-state index contributed by atoms with van der Waals surface area (Å²) < 4.78 is 42.1. The van der Waals surface area contributed by atoms with Crippen molar-refractivity contribution in [2.75, 3.05) is 13.7 Å². The van der Waals surface area contributed by atoms with Gasteiger partial charge in [0.25, 0.3) is 0 Å². The van der Waals surface area contributed by atoms with Gasteiger partial charge in [0.05, 0.1) is 25.8 Å². The van der Waals surface area contributed by atoms with Gasteiger partial charge in [-0.15, -0.1) is 0 Å². The van der Waals surface area contributed by atoms with Crippen LogP contribution in [0.1, 0.15) is 40.7 Å². The van der Waals surface area contributed by atoms with Crippen LogP contribution in [0.15, 0.2) is 54.6 Å².